The zero-order valence-electron chi connectivity index (χ0n) is 68.7. The highest BCUT2D eigenvalue weighted by Gasteiger charge is 2.65. The molecule has 0 bridgehead atoms. The van der Waals surface area contributed by atoms with Gasteiger partial charge in [0, 0.05) is 34.1 Å². The SMILES string of the molecule is CC(=O)N[C@H]1[C@H](O[C@H]2[C@@H](O)[C@@H](CO)O[C@@H](O[C@H]3[C@H](O)[C@@H](O)[C@H](O)O[C@@H]3CO)[C@@H]2O)O[C@H](CO)[C@@H](O[C@@H]2O[C@H](CO)[C@H](O)[C@H](O[C@@H]3O[C@H](CO)[C@@H](O[C@@H]4O[C@H](CO)[C@H](O)[C@H](O[C@@H]5O[C@H](CO)[C@@H](O[C@@H]6O[C@H](CO)[C@H](O)[C@H](O[C@]7(C(=O)O)C[C@H](O)[C@@H](NC(C)=O)[C@H]([C@H](O)[C@H](O)CO)O7)[C@H]6O)[C@H](O)[C@H]5NC(C)=O)[C@H]4O)[C@H](O[C@@H]4O[C@@H](C)[C@@H](O)[C@@H](O)[C@@H]4O)[C@H]3NC(C)=O)[C@H]2O)[C@@H]1O. The van der Waals surface area contributed by atoms with Crippen LogP contribution in [0.4, 0.5) is 0 Å². The number of aliphatic hydroxyl groups is 28. The van der Waals surface area contributed by atoms with Crippen molar-refractivity contribution in [3.63, 3.8) is 0 Å². The van der Waals surface area contributed by atoms with Crippen LogP contribution in [0.5, 0.6) is 0 Å². The molecular weight excluding hydrogens is 1760 g/mol. The Morgan fingerprint density at radius 1 is 0.320 bits per heavy atom. The van der Waals surface area contributed by atoms with Crippen molar-refractivity contribution in [2.75, 3.05) is 59.5 Å². The summed E-state index contributed by atoms with van der Waals surface area (Å²) < 4.78 is 112. The van der Waals surface area contributed by atoms with Gasteiger partial charge >= 0.3 is 5.97 Å². The highest BCUT2D eigenvalue weighted by atomic mass is 16.8. The van der Waals surface area contributed by atoms with E-state index in [-0.39, 0.29) is 0 Å². The molecule has 51 atom stereocenters. The minimum atomic E-state index is -3.30. The zero-order valence-corrected chi connectivity index (χ0v) is 68.7. The Bertz CT molecular complexity index is 3530. The number of hydrogen-bond donors (Lipinski definition) is 33. The van der Waals surface area contributed by atoms with Crippen molar-refractivity contribution < 1.29 is 262 Å². The minimum Gasteiger partial charge on any atom is -0.477 e. The van der Waals surface area contributed by atoms with Gasteiger partial charge < -0.3 is 259 Å². The Morgan fingerprint density at radius 2 is 0.625 bits per heavy atom. The predicted molar refractivity (Wildman–Crippen MR) is 392 cm³/mol. The summed E-state index contributed by atoms with van der Waals surface area (Å²) in [5, 5.41) is 332. The second kappa shape index (κ2) is 45.4. The van der Waals surface area contributed by atoms with Crippen molar-refractivity contribution in [3.8, 4) is 0 Å². The maximum absolute atomic E-state index is 13.6. The number of carboxylic acid groups (broad SMARTS) is 1. The molecule has 0 aromatic carbocycles. The second-order valence-electron chi connectivity index (χ2n) is 32.3. The highest BCUT2D eigenvalue weighted by Crippen LogP contribution is 2.43. The summed E-state index contributed by atoms with van der Waals surface area (Å²) in [7, 11) is 0. The Hall–Kier alpha value is -4.53. The fourth-order valence-electron chi connectivity index (χ4n) is 16.7. The smallest absolute Gasteiger partial charge is 0.364 e. The van der Waals surface area contributed by atoms with Crippen molar-refractivity contribution in [1.29, 1.82) is 0 Å². The van der Waals surface area contributed by atoms with E-state index in [0.29, 0.717) is 0 Å². The summed E-state index contributed by atoms with van der Waals surface area (Å²) in [6.45, 7) is -5.83. The summed E-state index contributed by atoms with van der Waals surface area (Å²) >= 11 is 0. The van der Waals surface area contributed by atoms with E-state index in [9.17, 15) is 172 Å². The van der Waals surface area contributed by atoms with Crippen LogP contribution >= 0.6 is 0 Å². The number of hydrogen-bond acceptors (Lipinski definition) is 52. The molecule has 57 nitrogen and oxygen atoms in total. The topological polar surface area (TPSA) is 896 Å². The van der Waals surface area contributed by atoms with Crippen molar-refractivity contribution in [2.24, 2.45) is 0 Å². The summed E-state index contributed by atoms with van der Waals surface area (Å²) in [6.07, 6.45) is -100.0. The molecule has 10 aliphatic heterocycles. The number of aliphatic hydroxyl groups excluding tert-OH is 28. The van der Waals surface area contributed by atoms with Gasteiger partial charge in [-0.1, -0.05) is 0 Å². The summed E-state index contributed by atoms with van der Waals surface area (Å²) in [6, 6.07) is -7.87. The van der Waals surface area contributed by atoms with E-state index in [1.165, 1.54) is 6.92 Å². The first-order valence-electron chi connectivity index (χ1n) is 40.6. The van der Waals surface area contributed by atoms with Crippen LogP contribution in [-0.2, 0) is 114 Å². The van der Waals surface area contributed by atoms with Gasteiger partial charge in [0.15, 0.2) is 56.6 Å². The predicted octanol–water partition coefficient (Wildman–Crippen LogP) is -22.0. The largest absolute Gasteiger partial charge is 0.477 e. The van der Waals surface area contributed by atoms with E-state index < -0.39 is 408 Å². The second-order valence-corrected chi connectivity index (χ2v) is 32.3. The fourth-order valence-corrected chi connectivity index (χ4v) is 16.7. The lowest BCUT2D eigenvalue weighted by Gasteiger charge is -2.52. The number of rotatable bonds is 34. The quantitative estimate of drug-likeness (QED) is 0.0284. The molecule has 4 amide bonds. The number of carbonyl (C=O) groups is 5. The van der Waals surface area contributed by atoms with Gasteiger partial charge in [0.1, 0.15) is 232 Å². The van der Waals surface area contributed by atoms with Gasteiger partial charge in [0.2, 0.25) is 23.6 Å². The highest BCUT2D eigenvalue weighted by molar-refractivity contribution is 5.77. The molecule has 0 saturated carbocycles. The summed E-state index contributed by atoms with van der Waals surface area (Å²) in [5.74, 6) is -9.37. The van der Waals surface area contributed by atoms with Gasteiger partial charge in [-0.2, -0.15) is 0 Å². The van der Waals surface area contributed by atoms with E-state index in [1.54, 1.807) is 0 Å². The zero-order chi connectivity index (χ0) is 94.6. The standard InChI is InChI=1S/C71H118N4O53/c1-16-35(91)43(99)46(102)65(110-16)123-56-34(75-20(5)88)64(126-59-39(95)24(9-78)112-66(48(59)104)119-51-28(13-82)116-62(32(41(51)97)73-18(3)86)124-57-37(93)23(8-77)113-67(47(57)103)121-53-27(12-81)111-61(107)45(101)44(53)100)118-30(15-84)54(56)122-68-49(105)58(38(94)25(10-79)114-68)125-63-33(74-19(4)87)42(98)52(29(14-83)117-63)120-69-50(106)60(40(96)26(11-80)115-69)128-71(70(108)109)6-21(89)31(72-17(2)85)55(127-71)36(92)22(90)7-76/h16,21-69,76-84,89-107H,6-15H2,1-5H3,(H,72,85)(H,73,86)(H,74,87)(H,75,88)(H,108,109)/t16-,21-,22+,23+,24+,25+,26+,27+,28+,29+,30+,31+,32+,33+,34+,35+,36+,37-,38-,39-,40-,41+,42+,43+,44+,45+,46-,47+,48+,49+,50+,51+,52+,53+,54+,55+,56+,57-,58-,59-,60-,61+,62-,63-,64-,65-,66-,67-,68-,69-,71-/m0/s1. The van der Waals surface area contributed by atoms with Crippen LogP contribution < -0.4 is 21.3 Å². The first-order chi connectivity index (χ1) is 60.4. The molecule has 33 N–H and O–H groups in total. The van der Waals surface area contributed by atoms with Crippen LogP contribution in [0.2, 0.25) is 0 Å². The molecule has 10 heterocycles. The third kappa shape index (κ3) is 22.7. The number of carbonyl (C=O) groups excluding carboxylic acids is 4. The number of amides is 4. The average molecular weight is 1880 g/mol. The number of ether oxygens (including phenoxy) is 19. The third-order valence-corrected chi connectivity index (χ3v) is 23.4. The van der Waals surface area contributed by atoms with Crippen LogP contribution in [0.3, 0.4) is 0 Å². The first-order valence-corrected chi connectivity index (χ1v) is 40.6. The molecule has 0 aromatic heterocycles. The van der Waals surface area contributed by atoms with Crippen LogP contribution in [0, 0.1) is 0 Å². The molecule has 0 spiro atoms. The lowest BCUT2D eigenvalue weighted by atomic mass is 9.88. The molecule has 57 heteroatoms. The Labute approximate surface area is 723 Å². The average Bonchev–Trinajstić information content (AvgIpc) is 0.751. The molecule has 0 radical (unpaired) electrons. The molecule has 10 fully saturated rings. The van der Waals surface area contributed by atoms with Gasteiger partial charge in [-0.15, -0.1) is 0 Å². The van der Waals surface area contributed by atoms with Gasteiger partial charge in [-0.25, -0.2) is 4.79 Å². The normalized spacial score (nSPS) is 48.4. The maximum Gasteiger partial charge on any atom is 0.364 e. The number of nitrogens with one attached hydrogen (secondary N) is 4. The Morgan fingerprint density at radius 3 is 1.00 bits per heavy atom. The summed E-state index contributed by atoms with van der Waals surface area (Å²) in [5.41, 5.74) is 0. The van der Waals surface area contributed by atoms with E-state index in [4.69, 9.17) is 90.0 Å². The van der Waals surface area contributed by atoms with Crippen LogP contribution in [0.25, 0.3) is 0 Å². The van der Waals surface area contributed by atoms with E-state index >= 15 is 0 Å². The Balaban J connectivity index is 0.903. The molecule has 10 aliphatic rings. The fraction of sp³-hybridized carbons (Fsp3) is 0.930. The maximum atomic E-state index is 13.6. The first kappa shape index (κ1) is 106. The molecule has 0 unspecified atom stereocenters. The molecule has 10 saturated heterocycles. The van der Waals surface area contributed by atoms with E-state index in [1.807, 2.05) is 0 Å². The van der Waals surface area contributed by atoms with Crippen molar-refractivity contribution in [1.82, 2.24) is 21.3 Å². The van der Waals surface area contributed by atoms with E-state index in [0.717, 1.165) is 27.7 Å². The van der Waals surface area contributed by atoms with Gasteiger partial charge in [0.05, 0.1) is 77.7 Å². The lowest BCUT2D eigenvalue weighted by Crippen LogP contribution is -2.72. The van der Waals surface area contributed by atoms with Crippen LogP contribution in [0.1, 0.15) is 41.0 Å². The van der Waals surface area contributed by atoms with Crippen molar-refractivity contribution >= 4 is 29.6 Å². The Kier molecular flexibility index (Phi) is 37.4. The molecule has 0 aliphatic carbocycles. The minimum absolute atomic E-state index is 0.876. The van der Waals surface area contributed by atoms with Crippen molar-refractivity contribution in [2.45, 2.75) is 353 Å². The van der Waals surface area contributed by atoms with Gasteiger partial charge in [0.25, 0.3) is 5.79 Å². The molecule has 10 rings (SSSR count). The third-order valence-electron chi connectivity index (χ3n) is 23.4. The summed E-state index contributed by atoms with van der Waals surface area (Å²) in [4.78, 5) is 65.2. The van der Waals surface area contributed by atoms with E-state index in [2.05, 4.69) is 21.3 Å². The number of carboxylic acids is 1. The molecule has 0 aromatic rings. The number of aliphatic carboxylic acids is 1. The lowest BCUT2D eigenvalue weighted by molar-refractivity contribution is -0.398. The molecule has 740 valence electrons. The van der Waals surface area contributed by atoms with Crippen LogP contribution in [-0.4, -0.2) is 550 Å². The molecule has 128 heavy (non-hydrogen) atoms. The van der Waals surface area contributed by atoms with Crippen molar-refractivity contribution in [3.05, 3.63) is 0 Å². The monoisotopic (exact) mass is 1870 g/mol. The molecular formula is C71H118N4O53. The van der Waals surface area contributed by atoms with Gasteiger partial charge in [-0.05, 0) is 6.92 Å². The van der Waals surface area contributed by atoms with Crippen LogP contribution in [0.15, 0.2) is 0 Å². The van der Waals surface area contributed by atoms with Gasteiger partial charge in [-0.3, -0.25) is 19.2 Å².